The van der Waals surface area contributed by atoms with Gasteiger partial charge in [0.2, 0.25) is 0 Å². The highest BCUT2D eigenvalue weighted by Crippen LogP contribution is 2.22. The lowest BCUT2D eigenvalue weighted by molar-refractivity contribution is 0.155. The van der Waals surface area contributed by atoms with Gasteiger partial charge >= 0.3 is 0 Å². The van der Waals surface area contributed by atoms with Crippen molar-refractivity contribution < 1.29 is 14.6 Å². The molecular formula is C23H23N3O4. The molecule has 0 bridgehead atoms. The van der Waals surface area contributed by atoms with Crippen molar-refractivity contribution in [3.8, 4) is 22.8 Å². The summed E-state index contributed by atoms with van der Waals surface area (Å²) in [4.78, 5) is 12.9. The predicted octanol–water partition coefficient (Wildman–Crippen LogP) is 3.30. The summed E-state index contributed by atoms with van der Waals surface area (Å²) in [5, 5.41) is 15.1. The van der Waals surface area contributed by atoms with Crippen molar-refractivity contribution in [1.82, 2.24) is 14.2 Å². The molecule has 0 saturated heterocycles. The van der Waals surface area contributed by atoms with Gasteiger partial charge in [0, 0.05) is 18.0 Å². The number of fused-ring (bicyclic) bond motifs is 1. The van der Waals surface area contributed by atoms with Crippen LogP contribution in [0, 0.1) is 0 Å². The van der Waals surface area contributed by atoms with Gasteiger partial charge in [-0.1, -0.05) is 12.1 Å². The van der Waals surface area contributed by atoms with Gasteiger partial charge in [0.05, 0.1) is 32.1 Å². The van der Waals surface area contributed by atoms with E-state index in [0.717, 1.165) is 11.3 Å². The fourth-order valence-corrected chi connectivity index (χ4v) is 3.32. The van der Waals surface area contributed by atoms with E-state index < -0.39 is 6.10 Å². The first-order chi connectivity index (χ1) is 14.6. The summed E-state index contributed by atoms with van der Waals surface area (Å²) in [6.45, 7) is 2.69. The second-order valence-electron chi connectivity index (χ2n) is 6.86. The molecule has 1 atom stereocenters. The Morgan fingerprint density at radius 1 is 1.03 bits per heavy atom. The van der Waals surface area contributed by atoms with Crippen LogP contribution in [0.15, 0.2) is 71.8 Å². The minimum absolute atomic E-state index is 0.144. The fourth-order valence-electron chi connectivity index (χ4n) is 3.32. The Morgan fingerprint density at radius 2 is 1.73 bits per heavy atom. The number of aromatic nitrogens is 3. The number of hydrogen-bond donors (Lipinski definition) is 1. The molecule has 4 rings (SSSR count). The third-order valence-electron chi connectivity index (χ3n) is 4.93. The Bertz CT molecular complexity index is 1190. The first kappa shape index (κ1) is 19.7. The van der Waals surface area contributed by atoms with Gasteiger partial charge in [0.15, 0.2) is 0 Å². The van der Waals surface area contributed by atoms with E-state index in [9.17, 15) is 9.90 Å². The van der Waals surface area contributed by atoms with E-state index in [1.165, 1.54) is 4.57 Å². The Morgan fingerprint density at radius 3 is 2.40 bits per heavy atom. The van der Waals surface area contributed by atoms with Crippen molar-refractivity contribution in [2.45, 2.75) is 19.6 Å². The molecule has 2 aromatic heterocycles. The number of methoxy groups -OCH3 is 1. The number of ether oxygens (including phenoxy) is 2. The second kappa shape index (κ2) is 8.42. The van der Waals surface area contributed by atoms with Crippen LogP contribution >= 0.6 is 0 Å². The van der Waals surface area contributed by atoms with E-state index in [-0.39, 0.29) is 12.1 Å². The molecular weight excluding hydrogens is 382 g/mol. The third-order valence-corrected chi connectivity index (χ3v) is 4.93. The van der Waals surface area contributed by atoms with E-state index in [4.69, 9.17) is 9.47 Å². The first-order valence-corrected chi connectivity index (χ1v) is 9.73. The van der Waals surface area contributed by atoms with Gasteiger partial charge in [-0.15, -0.1) is 0 Å². The molecule has 2 heterocycles. The molecule has 154 valence electrons. The van der Waals surface area contributed by atoms with Gasteiger partial charge in [-0.3, -0.25) is 4.79 Å². The van der Waals surface area contributed by atoms with Crippen LogP contribution in [0.5, 0.6) is 11.5 Å². The van der Waals surface area contributed by atoms with E-state index in [0.29, 0.717) is 29.1 Å². The monoisotopic (exact) mass is 405 g/mol. The Balaban J connectivity index is 1.59. The zero-order valence-electron chi connectivity index (χ0n) is 16.9. The lowest BCUT2D eigenvalue weighted by Gasteiger charge is -2.13. The van der Waals surface area contributed by atoms with E-state index in [2.05, 4.69) is 5.10 Å². The van der Waals surface area contributed by atoms with Gasteiger partial charge in [-0.05, 0) is 55.0 Å². The number of rotatable bonds is 7. The molecule has 0 aliphatic heterocycles. The van der Waals surface area contributed by atoms with Gasteiger partial charge in [-0.25, -0.2) is 4.52 Å². The van der Waals surface area contributed by atoms with Crippen LogP contribution in [0.25, 0.3) is 16.8 Å². The van der Waals surface area contributed by atoms with Crippen LogP contribution in [0.3, 0.4) is 0 Å². The highest BCUT2D eigenvalue weighted by molar-refractivity contribution is 5.66. The summed E-state index contributed by atoms with van der Waals surface area (Å²) in [5.74, 6) is 1.51. The largest absolute Gasteiger partial charge is 0.497 e. The number of benzene rings is 2. The zero-order chi connectivity index (χ0) is 21.1. The summed E-state index contributed by atoms with van der Waals surface area (Å²) in [7, 11) is 1.59. The van der Waals surface area contributed by atoms with Crippen molar-refractivity contribution in [2.24, 2.45) is 0 Å². The normalized spacial score (nSPS) is 12.1. The Kier molecular flexibility index (Phi) is 5.54. The molecule has 30 heavy (non-hydrogen) atoms. The lowest BCUT2D eigenvalue weighted by Crippen LogP contribution is -2.24. The van der Waals surface area contributed by atoms with Crippen LogP contribution in [0.1, 0.15) is 18.6 Å². The molecule has 7 heteroatoms. The second-order valence-corrected chi connectivity index (χ2v) is 6.86. The van der Waals surface area contributed by atoms with Crippen LogP contribution in [0.2, 0.25) is 0 Å². The molecule has 2 aromatic carbocycles. The van der Waals surface area contributed by atoms with Crippen LogP contribution in [-0.4, -0.2) is 33.0 Å². The van der Waals surface area contributed by atoms with Gasteiger partial charge in [0.25, 0.3) is 5.56 Å². The average Bonchev–Trinajstić information content (AvgIpc) is 3.22. The van der Waals surface area contributed by atoms with E-state index in [1.807, 2.05) is 31.2 Å². The van der Waals surface area contributed by atoms with Gasteiger partial charge < -0.3 is 19.1 Å². The summed E-state index contributed by atoms with van der Waals surface area (Å²) in [6, 6.07) is 16.5. The molecule has 7 nitrogen and oxygen atoms in total. The number of aliphatic hydroxyl groups is 1. The molecule has 0 amide bonds. The third kappa shape index (κ3) is 3.92. The summed E-state index contributed by atoms with van der Waals surface area (Å²) in [6.07, 6.45) is 2.54. The Hall–Kier alpha value is -3.58. The van der Waals surface area contributed by atoms with Crippen molar-refractivity contribution >= 4 is 5.52 Å². The van der Waals surface area contributed by atoms with Crippen molar-refractivity contribution in [2.75, 3.05) is 13.7 Å². The molecule has 1 N–H and O–H groups in total. The predicted molar refractivity (Wildman–Crippen MR) is 114 cm³/mol. The molecule has 0 spiro atoms. The highest BCUT2D eigenvalue weighted by atomic mass is 16.5. The van der Waals surface area contributed by atoms with Crippen molar-refractivity contribution in [3.63, 3.8) is 0 Å². The van der Waals surface area contributed by atoms with Crippen LogP contribution < -0.4 is 15.0 Å². The maximum absolute atomic E-state index is 12.9. The molecule has 0 saturated carbocycles. The number of aliphatic hydroxyl groups excluding tert-OH is 1. The average molecular weight is 405 g/mol. The topological polar surface area (TPSA) is 78.0 Å². The molecule has 0 unspecified atom stereocenters. The molecule has 0 fully saturated rings. The first-order valence-electron chi connectivity index (χ1n) is 9.73. The summed E-state index contributed by atoms with van der Waals surface area (Å²) >= 11 is 0. The number of hydrogen-bond acceptors (Lipinski definition) is 5. The minimum atomic E-state index is -0.815. The standard InChI is InChI=1S/C23H23N3O4/c1-3-30-19-10-4-16(5-11-19)20-14-21-23(28)25(12-13-26(21)24-20)15-22(27)17-6-8-18(29-2)9-7-17/h4-14,22,27H,3,15H2,1-2H3/t22-/m0/s1. The van der Waals surface area contributed by atoms with Crippen LogP contribution in [0.4, 0.5) is 0 Å². The highest BCUT2D eigenvalue weighted by Gasteiger charge is 2.13. The van der Waals surface area contributed by atoms with Gasteiger partial charge in [-0.2, -0.15) is 5.10 Å². The van der Waals surface area contributed by atoms with Crippen molar-refractivity contribution in [1.29, 1.82) is 0 Å². The molecule has 4 aromatic rings. The van der Waals surface area contributed by atoms with Crippen molar-refractivity contribution in [3.05, 3.63) is 82.9 Å². The molecule has 0 aliphatic rings. The zero-order valence-corrected chi connectivity index (χ0v) is 16.9. The maximum Gasteiger partial charge on any atom is 0.276 e. The smallest absolute Gasteiger partial charge is 0.276 e. The quantitative estimate of drug-likeness (QED) is 0.510. The minimum Gasteiger partial charge on any atom is -0.497 e. The molecule has 0 radical (unpaired) electrons. The fraction of sp³-hybridized carbons (Fsp3) is 0.217. The summed E-state index contributed by atoms with van der Waals surface area (Å²) < 4.78 is 13.7. The van der Waals surface area contributed by atoms with E-state index >= 15 is 0 Å². The number of nitrogens with zero attached hydrogens (tertiary/aromatic N) is 3. The summed E-state index contributed by atoms with van der Waals surface area (Å²) in [5.41, 5.74) is 2.54. The maximum atomic E-state index is 12.9. The van der Waals surface area contributed by atoms with E-state index in [1.54, 1.807) is 54.4 Å². The Labute approximate surface area is 173 Å². The van der Waals surface area contributed by atoms with Gasteiger partial charge in [0.1, 0.15) is 17.0 Å². The molecule has 0 aliphatic carbocycles. The SMILES string of the molecule is CCOc1ccc(-c2cc3c(=O)n(C[C@H](O)c4ccc(OC)cc4)ccn3n2)cc1. The lowest BCUT2D eigenvalue weighted by atomic mass is 10.1. The van der Waals surface area contributed by atoms with Crippen LogP contribution in [-0.2, 0) is 6.54 Å².